The Hall–Kier alpha value is -2.24. The predicted octanol–water partition coefficient (Wildman–Crippen LogP) is 3.74. The fourth-order valence-electron chi connectivity index (χ4n) is 2.67. The van der Waals surface area contributed by atoms with Crippen molar-refractivity contribution in [1.29, 1.82) is 0 Å². The minimum absolute atomic E-state index is 0.271. The summed E-state index contributed by atoms with van der Waals surface area (Å²) >= 11 is 5.84. The van der Waals surface area contributed by atoms with Crippen molar-refractivity contribution >= 4 is 34.7 Å². The molecule has 0 bridgehead atoms. The zero-order valence-electron chi connectivity index (χ0n) is 13.6. The lowest BCUT2D eigenvalue weighted by Crippen LogP contribution is -2.44. The molecule has 6 heteroatoms. The van der Waals surface area contributed by atoms with Crippen LogP contribution in [-0.2, 0) is 0 Å². The number of hydrogen-bond acceptors (Lipinski definition) is 3. The summed E-state index contributed by atoms with van der Waals surface area (Å²) in [7, 11) is 2.14. The van der Waals surface area contributed by atoms with Crippen LogP contribution in [0.5, 0.6) is 0 Å². The van der Waals surface area contributed by atoms with E-state index in [4.69, 9.17) is 11.6 Å². The van der Waals surface area contributed by atoms with E-state index in [0.717, 1.165) is 37.6 Å². The summed E-state index contributed by atoms with van der Waals surface area (Å²) in [4.78, 5) is 16.8. The maximum absolute atomic E-state index is 12.1. The molecule has 0 spiro atoms. The molecule has 5 nitrogen and oxygen atoms in total. The van der Waals surface area contributed by atoms with Gasteiger partial charge in [0.1, 0.15) is 0 Å². The minimum atomic E-state index is -0.271. The molecular formula is C18H21ClN4O. The van der Waals surface area contributed by atoms with Gasteiger partial charge >= 0.3 is 6.03 Å². The van der Waals surface area contributed by atoms with Gasteiger partial charge in [-0.15, -0.1) is 0 Å². The lowest BCUT2D eigenvalue weighted by atomic mass is 10.2. The maximum atomic E-state index is 12.1. The molecule has 1 fully saturated rings. The van der Waals surface area contributed by atoms with E-state index in [1.54, 1.807) is 24.3 Å². The van der Waals surface area contributed by atoms with Crippen LogP contribution in [0.4, 0.5) is 21.9 Å². The molecular weight excluding hydrogens is 324 g/mol. The summed E-state index contributed by atoms with van der Waals surface area (Å²) in [6, 6.07) is 14.7. The molecule has 0 aliphatic carbocycles. The molecule has 1 heterocycles. The van der Waals surface area contributed by atoms with Crippen LogP contribution < -0.4 is 15.5 Å². The number of urea groups is 1. The smallest absolute Gasteiger partial charge is 0.323 e. The Labute approximate surface area is 147 Å². The number of likely N-dealkylation sites (N-methyl/N-ethyl adjacent to an activating group) is 1. The third-order valence-corrected chi connectivity index (χ3v) is 4.33. The van der Waals surface area contributed by atoms with Gasteiger partial charge in [0.15, 0.2) is 0 Å². The highest BCUT2D eigenvalue weighted by Crippen LogP contribution is 2.21. The van der Waals surface area contributed by atoms with E-state index >= 15 is 0 Å². The molecule has 1 saturated heterocycles. The molecule has 1 aliphatic heterocycles. The second-order valence-corrected chi connectivity index (χ2v) is 6.36. The molecule has 2 aromatic rings. The van der Waals surface area contributed by atoms with E-state index in [2.05, 4.69) is 33.5 Å². The fraction of sp³-hybridized carbons (Fsp3) is 0.278. The van der Waals surface area contributed by atoms with Crippen molar-refractivity contribution in [2.75, 3.05) is 48.8 Å². The lowest BCUT2D eigenvalue weighted by molar-refractivity contribution is 0.262. The first-order valence-corrected chi connectivity index (χ1v) is 8.35. The average molecular weight is 345 g/mol. The van der Waals surface area contributed by atoms with Crippen molar-refractivity contribution in [2.24, 2.45) is 0 Å². The van der Waals surface area contributed by atoms with Crippen molar-refractivity contribution in [2.45, 2.75) is 0 Å². The van der Waals surface area contributed by atoms with Gasteiger partial charge in [0.05, 0.1) is 0 Å². The standard InChI is InChI=1S/C18H21ClN4O/c1-22-9-11-23(12-10-22)17-4-2-3-16(13-17)21-18(24)20-15-7-5-14(19)6-8-15/h2-8,13H,9-12H2,1H3,(H2,20,21,24). The molecule has 3 rings (SSSR count). The van der Waals surface area contributed by atoms with Gasteiger partial charge in [-0.1, -0.05) is 17.7 Å². The Morgan fingerprint density at radius 3 is 2.33 bits per heavy atom. The second-order valence-electron chi connectivity index (χ2n) is 5.93. The minimum Gasteiger partial charge on any atom is -0.369 e. The highest BCUT2D eigenvalue weighted by molar-refractivity contribution is 6.30. The fourth-order valence-corrected chi connectivity index (χ4v) is 2.80. The Morgan fingerprint density at radius 2 is 1.62 bits per heavy atom. The summed E-state index contributed by atoms with van der Waals surface area (Å²) in [5.41, 5.74) is 2.61. The molecule has 2 amide bonds. The largest absolute Gasteiger partial charge is 0.369 e. The number of halogens is 1. The van der Waals surface area contributed by atoms with E-state index in [1.165, 1.54) is 0 Å². The van der Waals surface area contributed by atoms with Gasteiger partial charge in [0.2, 0.25) is 0 Å². The first-order chi connectivity index (χ1) is 11.6. The molecule has 2 N–H and O–H groups in total. The number of hydrogen-bond donors (Lipinski definition) is 2. The Balaban J connectivity index is 1.61. The Morgan fingerprint density at radius 1 is 0.958 bits per heavy atom. The summed E-state index contributed by atoms with van der Waals surface area (Å²) < 4.78 is 0. The predicted molar refractivity (Wildman–Crippen MR) is 100 cm³/mol. The number of anilines is 3. The quantitative estimate of drug-likeness (QED) is 0.891. The maximum Gasteiger partial charge on any atom is 0.323 e. The highest BCUT2D eigenvalue weighted by atomic mass is 35.5. The summed E-state index contributed by atoms with van der Waals surface area (Å²) in [5, 5.41) is 6.31. The van der Waals surface area contributed by atoms with Crippen molar-refractivity contribution in [3.63, 3.8) is 0 Å². The molecule has 0 unspecified atom stereocenters. The molecule has 24 heavy (non-hydrogen) atoms. The van der Waals surface area contributed by atoms with Gasteiger partial charge in [-0.3, -0.25) is 0 Å². The topological polar surface area (TPSA) is 47.6 Å². The van der Waals surface area contributed by atoms with Gasteiger partial charge in [-0.25, -0.2) is 4.79 Å². The van der Waals surface area contributed by atoms with Crippen molar-refractivity contribution in [3.8, 4) is 0 Å². The van der Waals surface area contributed by atoms with Gasteiger partial charge < -0.3 is 20.4 Å². The van der Waals surface area contributed by atoms with E-state index in [0.29, 0.717) is 10.7 Å². The van der Waals surface area contributed by atoms with E-state index in [9.17, 15) is 4.79 Å². The second kappa shape index (κ2) is 7.55. The molecule has 1 aliphatic rings. The number of piperazine rings is 1. The van der Waals surface area contributed by atoms with Crippen LogP contribution >= 0.6 is 11.6 Å². The van der Waals surface area contributed by atoms with Gasteiger partial charge in [-0.2, -0.15) is 0 Å². The van der Waals surface area contributed by atoms with Crippen molar-refractivity contribution in [3.05, 3.63) is 53.6 Å². The molecule has 0 radical (unpaired) electrons. The number of benzene rings is 2. The third kappa shape index (κ3) is 4.40. The Kier molecular flexibility index (Phi) is 5.23. The van der Waals surface area contributed by atoms with Crippen LogP contribution in [0.1, 0.15) is 0 Å². The molecule has 0 aromatic heterocycles. The number of amides is 2. The monoisotopic (exact) mass is 344 g/mol. The highest BCUT2D eigenvalue weighted by Gasteiger charge is 2.14. The molecule has 0 atom stereocenters. The van der Waals surface area contributed by atoms with Crippen LogP contribution in [0.2, 0.25) is 5.02 Å². The van der Waals surface area contributed by atoms with Crippen molar-refractivity contribution < 1.29 is 4.79 Å². The van der Waals surface area contributed by atoms with Gasteiger partial charge in [-0.05, 0) is 49.5 Å². The summed E-state index contributed by atoms with van der Waals surface area (Å²) in [6.07, 6.45) is 0. The van der Waals surface area contributed by atoms with Gasteiger partial charge in [0.25, 0.3) is 0 Å². The number of rotatable bonds is 3. The molecule has 2 aromatic carbocycles. The van der Waals surface area contributed by atoms with Crippen molar-refractivity contribution in [1.82, 2.24) is 4.90 Å². The van der Waals surface area contributed by atoms with Gasteiger partial charge in [0, 0.05) is 48.3 Å². The van der Waals surface area contributed by atoms with E-state index < -0.39 is 0 Å². The summed E-state index contributed by atoms with van der Waals surface area (Å²) in [6.45, 7) is 4.09. The summed E-state index contributed by atoms with van der Waals surface area (Å²) in [5.74, 6) is 0. The van der Waals surface area contributed by atoms with Crippen LogP contribution in [0, 0.1) is 0 Å². The number of carbonyl (C=O) groups is 1. The Bertz CT molecular complexity index is 696. The normalized spacial score (nSPS) is 15.2. The zero-order chi connectivity index (χ0) is 16.9. The SMILES string of the molecule is CN1CCN(c2cccc(NC(=O)Nc3ccc(Cl)cc3)c2)CC1. The van der Waals surface area contributed by atoms with E-state index in [1.807, 2.05) is 18.2 Å². The number of nitrogens with one attached hydrogen (secondary N) is 2. The first kappa shape index (κ1) is 16.6. The van der Waals surface area contributed by atoms with Crippen LogP contribution in [0.25, 0.3) is 0 Å². The average Bonchev–Trinajstić information content (AvgIpc) is 2.58. The van der Waals surface area contributed by atoms with Crippen LogP contribution in [0.15, 0.2) is 48.5 Å². The number of carbonyl (C=O) groups excluding carboxylic acids is 1. The van der Waals surface area contributed by atoms with Crippen LogP contribution in [0.3, 0.4) is 0 Å². The van der Waals surface area contributed by atoms with Crippen LogP contribution in [-0.4, -0.2) is 44.2 Å². The number of nitrogens with zero attached hydrogens (tertiary/aromatic N) is 2. The molecule has 126 valence electrons. The van der Waals surface area contributed by atoms with E-state index in [-0.39, 0.29) is 6.03 Å². The third-order valence-electron chi connectivity index (χ3n) is 4.07. The molecule has 0 saturated carbocycles. The lowest BCUT2D eigenvalue weighted by Gasteiger charge is -2.34. The zero-order valence-corrected chi connectivity index (χ0v) is 14.4. The first-order valence-electron chi connectivity index (χ1n) is 7.97.